The van der Waals surface area contributed by atoms with Crippen LogP contribution >= 0.6 is 11.6 Å². The van der Waals surface area contributed by atoms with Crippen molar-refractivity contribution in [1.82, 2.24) is 0 Å². The molecule has 0 heterocycles. The number of rotatable bonds is 8. The van der Waals surface area contributed by atoms with E-state index in [-0.39, 0.29) is 71.2 Å². The number of anilines is 1. The number of Topliss-reactive ketones (excluding diaryl/α,β-unsaturated/α-hetero) is 2. The quantitative estimate of drug-likeness (QED) is 0.199. The second-order valence-corrected chi connectivity index (χ2v) is 14.3. The first-order valence-corrected chi connectivity index (χ1v) is 16.2. The van der Waals surface area contributed by atoms with E-state index in [4.69, 9.17) is 21.1 Å². The van der Waals surface area contributed by atoms with E-state index in [1.54, 1.807) is 31.2 Å². The van der Waals surface area contributed by atoms with Gasteiger partial charge < -0.3 is 9.47 Å². The van der Waals surface area contributed by atoms with Crippen LogP contribution in [-0.2, 0) is 28.7 Å². The van der Waals surface area contributed by atoms with Crippen LogP contribution in [0.3, 0.4) is 0 Å². The summed E-state index contributed by atoms with van der Waals surface area (Å²) in [7, 11) is 0. The average molecular weight is 613 g/mol. The van der Waals surface area contributed by atoms with Crippen LogP contribution in [0, 0.1) is 46.3 Å². The molecule has 0 spiro atoms. The van der Waals surface area contributed by atoms with Gasteiger partial charge in [0.25, 0.3) is 0 Å². The van der Waals surface area contributed by atoms with Crippen molar-refractivity contribution in [3.8, 4) is 0 Å². The SMILES string of the molecule is CCOC(=O)/C(C[C@@H](C)[C@H]1CC[C@H]2[C@@H]3C(=O)C[C@@H]4CC(=O)CC[C@]4(C)[C@H]3C[C@H](OC(C)=O)[C@]12C)=N\Nc1ccc(Cl)cc1. The molecule has 0 aromatic heterocycles. The molecule has 0 bridgehead atoms. The molecule has 9 atom stereocenters. The van der Waals surface area contributed by atoms with E-state index in [0.717, 1.165) is 19.3 Å². The van der Waals surface area contributed by atoms with E-state index >= 15 is 0 Å². The smallest absolute Gasteiger partial charge is 0.354 e. The van der Waals surface area contributed by atoms with Gasteiger partial charge in [0.15, 0.2) is 0 Å². The Hall–Kier alpha value is -2.74. The van der Waals surface area contributed by atoms with Crippen molar-refractivity contribution in [1.29, 1.82) is 0 Å². The lowest BCUT2D eigenvalue weighted by atomic mass is 9.43. The van der Waals surface area contributed by atoms with Crippen LogP contribution in [0.1, 0.15) is 86.0 Å². The van der Waals surface area contributed by atoms with Gasteiger partial charge in [-0.3, -0.25) is 19.8 Å². The molecule has 0 unspecified atom stereocenters. The summed E-state index contributed by atoms with van der Waals surface area (Å²) in [4.78, 5) is 51.8. The van der Waals surface area contributed by atoms with Crippen molar-refractivity contribution < 1.29 is 28.7 Å². The minimum Gasteiger partial charge on any atom is -0.462 e. The van der Waals surface area contributed by atoms with Crippen LogP contribution in [-0.4, -0.2) is 41.9 Å². The number of esters is 2. The number of nitrogens with one attached hydrogen (secondary N) is 1. The molecular formula is C34H45ClN2O6. The molecule has 4 aliphatic rings. The van der Waals surface area contributed by atoms with Crippen LogP contribution in [0.4, 0.5) is 5.69 Å². The number of ketones is 2. The second kappa shape index (κ2) is 12.3. The number of benzene rings is 1. The van der Waals surface area contributed by atoms with Gasteiger partial charge in [-0.2, -0.15) is 5.10 Å². The molecule has 0 radical (unpaired) electrons. The van der Waals surface area contributed by atoms with E-state index in [0.29, 0.717) is 48.5 Å². The Kier molecular flexibility index (Phi) is 9.09. The summed E-state index contributed by atoms with van der Waals surface area (Å²) >= 11 is 6.01. The molecule has 0 saturated heterocycles. The van der Waals surface area contributed by atoms with Gasteiger partial charge >= 0.3 is 11.9 Å². The molecule has 234 valence electrons. The molecule has 0 aliphatic heterocycles. The largest absolute Gasteiger partial charge is 0.462 e. The van der Waals surface area contributed by atoms with Crippen molar-refractivity contribution in [2.45, 2.75) is 92.1 Å². The van der Waals surface area contributed by atoms with Crippen LogP contribution in [0.25, 0.3) is 0 Å². The first-order valence-electron chi connectivity index (χ1n) is 15.8. The summed E-state index contributed by atoms with van der Waals surface area (Å²) in [6.07, 6.45) is 4.69. The average Bonchev–Trinajstić information content (AvgIpc) is 3.31. The lowest BCUT2D eigenvalue weighted by Gasteiger charge is -2.61. The van der Waals surface area contributed by atoms with Crippen molar-refractivity contribution in [2.75, 3.05) is 12.0 Å². The van der Waals surface area contributed by atoms with Gasteiger partial charge in [-0.05, 0) is 91.9 Å². The van der Waals surface area contributed by atoms with Gasteiger partial charge in [0, 0.05) is 49.0 Å². The van der Waals surface area contributed by atoms with Crippen molar-refractivity contribution in [3.05, 3.63) is 29.3 Å². The van der Waals surface area contributed by atoms with E-state index in [2.05, 4.69) is 31.3 Å². The number of hydrazone groups is 1. The van der Waals surface area contributed by atoms with Crippen LogP contribution < -0.4 is 5.43 Å². The van der Waals surface area contributed by atoms with E-state index in [1.165, 1.54) is 6.92 Å². The summed E-state index contributed by atoms with van der Waals surface area (Å²) in [5.74, 6) is -0.0257. The van der Waals surface area contributed by atoms with Crippen LogP contribution in [0.5, 0.6) is 0 Å². The summed E-state index contributed by atoms with van der Waals surface area (Å²) in [6.45, 7) is 10.1. The lowest BCUT2D eigenvalue weighted by Crippen LogP contribution is -2.62. The number of halogens is 1. The minimum absolute atomic E-state index is 0.00844. The molecule has 4 fully saturated rings. The van der Waals surface area contributed by atoms with Crippen LogP contribution in [0.2, 0.25) is 5.02 Å². The summed E-state index contributed by atoms with van der Waals surface area (Å²) < 4.78 is 11.5. The Bertz CT molecular complexity index is 1300. The van der Waals surface area contributed by atoms with Gasteiger partial charge in [0.1, 0.15) is 23.4 Å². The van der Waals surface area contributed by atoms with Gasteiger partial charge in [0.2, 0.25) is 0 Å². The molecule has 1 aromatic carbocycles. The Balaban J connectivity index is 1.43. The van der Waals surface area contributed by atoms with Gasteiger partial charge in [0.05, 0.1) is 12.3 Å². The second-order valence-electron chi connectivity index (χ2n) is 13.8. The fraction of sp³-hybridized carbons (Fsp3) is 0.676. The fourth-order valence-electron chi connectivity index (χ4n) is 9.50. The van der Waals surface area contributed by atoms with Crippen LogP contribution in [0.15, 0.2) is 29.4 Å². The molecule has 43 heavy (non-hydrogen) atoms. The predicted octanol–water partition coefficient (Wildman–Crippen LogP) is 6.65. The molecule has 8 nitrogen and oxygen atoms in total. The highest BCUT2D eigenvalue weighted by Crippen LogP contribution is 2.68. The maximum Gasteiger partial charge on any atom is 0.354 e. The number of ether oxygens (including phenoxy) is 2. The highest BCUT2D eigenvalue weighted by Gasteiger charge is 2.67. The molecule has 4 saturated carbocycles. The number of nitrogens with zero attached hydrogens (tertiary/aromatic N) is 1. The number of carbonyl (C=O) groups is 4. The summed E-state index contributed by atoms with van der Waals surface area (Å²) in [5.41, 5.74) is 3.42. The monoisotopic (exact) mass is 612 g/mol. The zero-order chi connectivity index (χ0) is 31.1. The number of hydrogen-bond acceptors (Lipinski definition) is 8. The van der Waals surface area contributed by atoms with Crippen molar-refractivity contribution >= 4 is 46.5 Å². The van der Waals surface area contributed by atoms with Crippen molar-refractivity contribution in [2.24, 2.45) is 51.4 Å². The third kappa shape index (κ3) is 5.88. The maximum absolute atomic E-state index is 13.9. The molecular weight excluding hydrogens is 568 g/mol. The Morgan fingerprint density at radius 3 is 2.51 bits per heavy atom. The molecule has 9 heteroatoms. The molecule has 4 aliphatic carbocycles. The molecule has 0 amide bonds. The Morgan fingerprint density at radius 1 is 1.12 bits per heavy atom. The third-order valence-corrected chi connectivity index (χ3v) is 11.9. The zero-order valence-electron chi connectivity index (χ0n) is 26.0. The molecule has 5 rings (SSSR count). The Morgan fingerprint density at radius 2 is 1.84 bits per heavy atom. The van der Waals surface area contributed by atoms with E-state index in [1.807, 2.05) is 0 Å². The number of fused-ring (bicyclic) bond motifs is 5. The fourth-order valence-corrected chi connectivity index (χ4v) is 9.63. The number of hydrogen-bond donors (Lipinski definition) is 1. The van der Waals surface area contributed by atoms with Crippen molar-refractivity contribution in [3.63, 3.8) is 0 Å². The molecule has 1 N–H and O–H groups in total. The first kappa shape index (κ1) is 31.7. The van der Waals surface area contributed by atoms with Gasteiger partial charge in [-0.15, -0.1) is 0 Å². The number of carbonyl (C=O) groups excluding carboxylic acids is 4. The normalized spacial score (nSPS) is 36.2. The minimum atomic E-state index is -0.468. The summed E-state index contributed by atoms with van der Waals surface area (Å²) in [6, 6.07) is 7.07. The van der Waals surface area contributed by atoms with E-state index < -0.39 is 11.4 Å². The first-order chi connectivity index (χ1) is 20.4. The van der Waals surface area contributed by atoms with E-state index in [9.17, 15) is 19.2 Å². The lowest BCUT2D eigenvalue weighted by molar-refractivity contribution is -0.193. The zero-order valence-corrected chi connectivity index (χ0v) is 26.7. The third-order valence-electron chi connectivity index (χ3n) is 11.6. The summed E-state index contributed by atoms with van der Waals surface area (Å²) in [5, 5.41) is 5.07. The highest BCUT2D eigenvalue weighted by atomic mass is 35.5. The highest BCUT2D eigenvalue weighted by molar-refractivity contribution is 6.36. The topological polar surface area (TPSA) is 111 Å². The van der Waals surface area contributed by atoms with Gasteiger partial charge in [-0.25, -0.2) is 4.79 Å². The Labute approximate surface area is 259 Å². The predicted molar refractivity (Wildman–Crippen MR) is 164 cm³/mol. The standard InChI is InChI=1S/C34H45ClN2O6/c1-6-42-32(41)28(37-36-23-9-7-22(35)8-10-23)15-19(2)25-11-12-26-31-27(18-30(34(25,26)5)43-20(3)38)33(4)14-13-24(39)16-21(33)17-29(31)40/h7-10,19,21,25-27,30-31,36H,6,11-18H2,1-5H3/b37-28-/t19-,21+,25-,26+,27+,30+,31+,33+,34-/m1/s1. The molecule has 1 aromatic rings. The maximum atomic E-state index is 13.9. The van der Waals surface area contributed by atoms with Gasteiger partial charge in [-0.1, -0.05) is 32.4 Å².